The lowest BCUT2D eigenvalue weighted by Gasteiger charge is -2.14. The molecule has 0 aromatic heterocycles. The number of rotatable bonds is 44. The van der Waals surface area contributed by atoms with E-state index in [1.165, 1.54) is 167 Å². The molecule has 0 aliphatic heterocycles. The summed E-state index contributed by atoms with van der Waals surface area (Å²) in [6.07, 6.45) is 34.8. The number of aliphatic carboxylic acids is 9. The third-order valence-electron chi connectivity index (χ3n) is 9.64. The van der Waals surface area contributed by atoms with E-state index in [4.69, 9.17) is 46.0 Å². The standard InChI is InChI=1S/C28H59N.3C6H9NO6/c1-3-5-7-9-11-13-15-17-19-21-23-25-27-29-28-26-24-22-20-18-16-14-12-10-8-6-4-2;3*8-4(9)1-7(2-5(10)11)3-6(12)13/h29H,3-28H2,1-2H3;3*1-3H2,(H,8,9)(H,10,11)(H,12,13). The molecule has 0 saturated carbocycles. The average Bonchev–Trinajstić information content (AvgIpc) is 3.19. The van der Waals surface area contributed by atoms with Crippen LogP contribution in [-0.4, -0.2) is 186 Å². The summed E-state index contributed by atoms with van der Waals surface area (Å²) in [7, 11) is 0. The van der Waals surface area contributed by atoms with E-state index in [2.05, 4.69) is 19.2 Å². The molecule has 0 saturated heterocycles. The van der Waals surface area contributed by atoms with E-state index in [1.807, 2.05) is 0 Å². The summed E-state index contributed by atoms with van der Waals surface area (Å²) in [5, 5.41) is 78.2. The van der Waals surface area contributed by atoms with Crippen molar-refractivity contribution in [2.75, 3.05) is 72.0 Å². The summed E-state index contributed by atoms with van der Waals surface area (Å²) in [5.41, 5.74) is 0. The van der Waals surface area contributed by atoms with Crippen molar-refractivity contribution in [3.8, 4) is 0 Å². The Balaban J connectivity index is -0.000000439. The molecule has 0 aliphatic carbocycles. The van der Waals surface area contributed by atoms with Crippen LogP contribution >= 0.6 is 0 Å². The molecule has 22 heteroatoms. The van der Waals surface area contributed by atoms with Crippen LogP contribution < -0.4 is 5.32 Å². The minimum atomic E-state index is -1.26. The molecule has 10 N–H and O–H groups in total. The predicted octanol–water partition coefficient (Wildman–Crippen LogP) is 5.60. The zero-order valence-electron chi connectivity index (χ0n) is 40.8. The highest BCUT2D eigenvalue weighted by Crippen LogP contribution is 2.13. The summed E-state index contributed by atoms with van der Waals surface area (Å²) < 4.78 is 0. The van der Waals surface area contributed by atoms with Gasteiger partial charge in [0.1, 0.15) is 0 Å². The highest BCUT2D eigenvalue weighted by atomic mass is 16.4. The van der Waals surface area contributed by atoms with Crippen molar-refractivity contribution in [2.24, 2.45) is 0 Å². The lowest BCUT2D eigenvalue weighted by molar-refractivity contribution is -0.147. The third kappa shape index (κ3) is 67.7. The number of nitrogens with one attached hydrogen (secondary N) is 1. The van der Waals surface area contributed by atoms with Gasteiger partial charge in [-0.1, -0.05) is 155 Å². The maximum atomic E-state index is 10.1. The summed E-state index contributed by atoms with van der Waals surface area (Å²) in [6.45, 7) is 1.70. The van der Waals surface area contributed by atoms with Gasteiger partial charge in [-0.3, -0.25) is 57.9 Å². The van der Waals surface area contributed by atoms with E-state index in [0.717, 1.165) is 14.7 Å². The van der Waals surface area contributed by atoms with Crippen molar-refractivity contribution < 1.29 is 89.1 Å². The average molecular weight is 983 g/mol. The minimum Gasteiger partial charge on any atom is -0.480 e. The van der Waals surface area contributed by atoms with Gasteiger partial charge in [0.25, 0.3) is 0 Å². The van der Waals surface area contributed by atoms with Crippen molar-refractivity contribution >= 4 is 53.7 Å². The van der Waals surface area contributed by atoms with Crippen molar-refractivity contribution in [1.82, 2.24) is 20.0 Å². The van der Waals surface area contributed by atoms with Crippen molar-refractivity contribution in [3.05, 3.63) is 0 Å². The molecule has 0 aliphatic rings. The Bertz CT molecular complexity index is 1100. The topological polar surface area (TPSA) is 357 Å². The molecule has 22 nitrogen and oxygen atoms in total. The molecule has 0 atom stereocenters. The number of carboxylic acid groups (broad SMARTS) is 9. The first-order valence-electron chi connectivity index (χ1n) is 24.0. The van der Waals surface area contributed by atoms with Crippen molar-refractivity contribution in [1.29, 1.82) is 0 Å². The molecule has 0 spiro atoms. The van der Waals surface area contributed by atoms with Gasteiger partial charge in [-0.25, -0.2) is 0 Å². The van der Waals surface area contributed by atoms with Crippen LogP contribution in [0.2, 0.25) is 0 Å². The van der Waals surface area contributed by atoms with Crippen LogP contribution in [0.4, 0.5) is 0 Å². The van der Waals surface area contributed by atoms with Gasteiger partial charge in [0.2, 0.25) is 0 Å². The van der Waals surface area contributed by atoms with E-state index >= 15 is 0 Å². The summed E-state index contributed by atoms with van der Waals surface area (Å²) in [4.78, 5) is 93.7. The van der Waals surface area contributed by atoms with Gasteiger partial charge in [0.15, 0.2) is 0 Å². The van der Waals surface area contributed by atoms with Crippen molar-refractivity contribution in [3.63, 3.8) is 0 Å². The molecule has 0 rings (SSSR count). The largest absolute Gasteiger partial charge is 0.480 e. The maximum Gasteiger partial charge on any atom is 0.317 e. The second-order valence-electron chi connectivity index (χ2n) is 16.5. The number of carboxylic acids is 9. The van der Waals surface area contributed by atoms with Gasteiger partial charge >= 0.3 is 53.7 Å². The van der Waals surface area contributed by atoms with Crippen molar-refractivity contribution in [2.45, 2.75) is 168 Å². The first-order valence-corrected chi connectivity index (χ1v) is 24.0. The normalized spacial score (nSPS) is 10.5. The van der Waals surface area contributed by atoms with Gasteiger partial charge in [0, 0.05) is 0 Å². The Kier molecular flexibility index (Phi) is 52.7. The molecule has 0 heterocycles. The number of unbranched alkanes of at least 4 members (excludes halogenated alkanes) is 22. The second kappa shape index (κ2) is 51.5. The number of hydrogen-bond donors (Lipinski definition) is 10. The molecule has 0 aromatic rings. The monoisotopic (exact) mass is 983 g/mol. The molecule has 0 aromatic carbocycles. The Labute approximate surface area is 402 Å². The highest BCUT2D eigenvalue weighted by molar-refractivity contribution is 5.77. The fourth-order valence-corrected chi connectivity index (χ4v) is 6.53. The van der Waals surface area contributed by atoms with Crippen LogP contribution in [0.25, 0.3) is 0 Å². The molecule has 0 unspecified atom stereocenters. The van der Waals surface area contributed by atoms with E-state index in [9.17, 15) is 43.2 Å². The fourth-order valence-electron chi connectivity index (χ4n) is 6.53. The maximum absolute atomic E-state index is 10.1. The number of nitrogens with zero attached hydrogens (tertiary/aromatic N) is 3. The molecule has 398 valence electrons. The van der Waals surface area contributed by atoms with E-state index in [0.29, 0.717) is 0 Å². The molecule has 0 fully saturated rings. The molecule has 0 radical (unpaired) electrons. The smallest absolute Gasteiger partial charge is 0.317 e. The Morgan fingerprint density at radius 1 is 0.250 bits per heavy atom. The summed E-state index contributed by atoms with van der Waals surface area (Å²) in [5.74, 6) is -11.4. The number of carbonyl (C=O) groups is 9. The zero-order chi connectivity index (χ0) is 52.4. The van der Waals surface area contributed by atoms with Gasteiger partial charge < -0.3 is 51.3 Å². The predicted molar refractivity (Wildman–Crippen MR) is 253 cm³/mol. The Morgan fingerprint density at radius 2 is 0.382 bits per heavy atom. The number of hydrogen-bond acceptors (Lipinski definition) is 13. The zero-order valence-corrected chi connectivity index (χ0v) is 40.8. The van der Waals surface area contributed by atoms with Crippen LogP contribution in [0.5, 0.6) is 0 Å². The van der Waals surface area contributed by atoms with E-state index in [-0.39, 0.29) is 0 Å². The fraction of sp³-hybridized carbons (Fsp3) is 0.804. The quantitative estimate of drug-likeness (QED) is 0.0332. The summed E-state index contributed by atoms with van der Waals surface area (Å²) >= 11 is 0. The molecular formula is C46H86N4O18. The molecule has 0 bridgehead atoms. The summed E-state index contributed by atoms with van der Waals surface area (Å²) in [6, 6.07) is 0. The van der Waals surface area contributed by atoms with Crippen LogP contribution in [0.3, 0.4) is 0 Å². The van der Waals surface area contributed by atoms with Crippen LogP contribution in [0.15, 0.2) is 0 Å². The Morgan fingerprint density at radius 3 is 0.515 bits per heavy atom. The van der Waals surface area contributed by atoms with Gasteiger partial charge in [-0.05, 0) is 25.9 Å². The van der Waals surface area contributed by atoms with Crippen LogP contribution in [-0.2, 0) is 43.2 Å². The van der Waals surface area contributed by atoms with Gasteiger partial charge in [0.05, 0.1) is 58.9 Å². The lowest BCUT2D eigenvalue weighted by atomic mass is 10.1. The van der Waals surface area contributed by atoms with Crippen LogP contribution in [0.1, 0.15) is 168 Å². The van der Waals surface area contributed by atoms with Crippen LogP contribution in [0, 0.1) is 0 Å². The third-order valence-corrected chi connectivity index (χ3v) is 9.64. The molecule has 0 amide bonds. The lowest BCUT2D eigenvalue weighted by Crippen LogP contribution is -2.38. The molecular weight excluding hydrogens is 897 g/mol. The second-order valence-corrected chi connectivity index (χ2v) is 16.5. The highest BCUT2D eigenvalue weighted by Gasteiger charge is 2.18. The first kappa shape index (κ1) is 69.6. The van der Waals surface area contributed by atoms with E-state index < -0.39 is 113 Å². The minimum absolute atomic E-state index is 0.599. The Hall–Kier alpha value is -4.93. The first-order chi connectivity index (χ1) is 32.2. The SMILES string of the molecule is CCCCCCCCCCCCCCNCCCCCCCCCCCCCC.O=C(O)CN(CC(=O)O)CC(=O)O.O=C(O)CN(CC(=O)O)CC(=O)O.O=C(O)CN(CC(=O)O)CC(=O)O. The van der Waals surface area contributed by atoms with Gasteiger partial charge in [-0.2, -0.15) is 0 Å². The van der Waals surface area contributed by atoms with E-state index in [1.54, 1.807) is 0 Å². The molecule has 68 heavy (non-hydrogen) atoms. The van der Waals surface area contributed by atoms with Gasteiger partial charge in [-0.15, -0.1) is 0 Å².